The lowest BCUT2D eigenvalue weighted by molar-refractivity contribution is -0.143. The Morgan fingerprint density at radius 3 is 2.24 bits per heavy atom. The van der Waals surface area contributed by atoms with Crippen LogP contribution in [0.1, 0.15) is 11.1 Å². The molecule has 1 aliphatic rings. The van der Waals surface area contributed by atoms with Gasteiger partial charge in [0.25, 0.3) is 0 Å². The lowest BCUT2D eigenvalue weighted by Gasteiger charge is -2.16. The summed E-state index contributed by atoms with van der Waals surface area (Å²) < 4.78 is 10.3. The van der Waals surface area contributed by atoms with Crippen molar-refractivity contribution in [2.75, 3.05) is 7.11 Å². The third-order valence-electron chi connectivity index (χ3n) is 4.68. The fraction of sp³-hybridized carbons (Fsp3) is 0.143. The van der Waals surface area contributed by atoms with Crippen LogP contribution < -0.4 is 10.4 Å². The second kappa shape index (κ2) is 7.23. The second-order valence-electron chi connectivity index (χ2n) is 6.50. The van der Waals surface area contributed by atoms with Gasteiger partial charge in [-0.25, -0.2) is 9.59 Å². The summed E-state index contributed by atoms with van der Waals surface area (Å²) in [5, 5.41) is 0.542. The first kappa shape index (κ1) is 18.4. The summed E-state index contributed by atoms with van der Waals surface area (Å²) in [5.74, 6) is -1.33. The molecule has 1 aliphatic heterocycles. The molecule has 8 heteroatoms. The van der Waals surface area contributed by atoms with Crippen molar-refractivity contribution in [2.24, 2.45) is 0 Å². The van der Waals surface area contributed by atoms with E-state index in [1.54, 1.807) is 42.5 Å². The van der Waals surface area contributed by atoms with Crippen LogP contribution in [0.5, 0.6) is 5.75 Å². The third kappa shape index (κ3) is 3.36. The molecule has 0 unspecified atom stereocenters. The minimum atomic E-state index is -0.930. The van der Waals surface area contributed by atoms with Crippen LogP contribution in [-0.2, 0) is 22.7 Å². The highest BCUT2D eigenvalue weighted by Gasteiger charge is 2.44. The average Bonchev–Trinajstić information content (AvgIpc) is 2.92. The van der Waals surface area contributed by atoms with Gasteiger partial charge in [-0.15, -0.1) is 0 Å². The van der Waals surface area contributed by atoms with E-state index >= 15 is 0 Å². The Balaban J connectivity index is 1.66. The van der Waals surface area contributed by atoms with Crippen LogP contribution in [0.2, 0.25) is 0 Å². The number of carbonyl (C=O) groups excluding carboxylic acids is 3. The summed E-state index contributed by atoms with van der Waals surface area (Å²) in [6, 6.07) is 14.3. The minimum absolute atomic E-state index is 0.00434. The molecular weight excluding hydrogens is 376 g/mol. The van der Waals surface area contributed by atoms with E-state index in [4.69, 9.17) is 9.15 Å². The Morgan fingerprint density at radius 2 is 1.55 bits per heavy atom. The summed E-state index contributed by atoms with van der Waals surface area (Å²) in [6.07, 6.45) is 0. The SMILES string of the molecule is COc1ccc2c(CN3C(=O)C(=O)N(Cc4ccccc4)C3=O)cc(=O)oc2c1. The fourth-order valence-corrected chi connectivity index (χ4v) is 3.23. The number of imide groups is 2. The highest BCUT2D eigenvalue weighted by molar-refractivity contribution is 6.44. The largest absolute Gasteiger partial charge is 0.497 e. The maximum Gasteiger partial charge on any atom is 0.336 e. The number of fused-ring (bicyclic) bond motifs is 1. The standard InChI is InChI=1S/C21H16N2O6/c1-28-15-7-8-16-14(9-18(24)29-17(16)10-15)12-23-20(26)19(25)22(21(23)27)11-13-5-3-2-4-6-13/h2-10H,11-12H2,1H3. The zero-order chi connectivity index (χ0) is 20.5. The van der Waals surface area contributed by atoms with Gasteiger partial charge in [-0.3, -0.25) is 19.4 Å². The molecule has 29 heavy (non-hydrogen) atoms. The van der Waals surface area contributed by atoms with Crippen LogP contribution in [0.4, 0.5) is 4.79 Å². The Morgan fingerprint density at radius 1 is 0.862 bits per heavy atom. The first-order valence-corrected chi connectivity index (χ1v) is 8.80. The molecular formula is C21H16N2O6. The van der Waals surface area contributed by atoms with Crippen molar-refractivity contribution in [1.82, 2.24) is 9.80 Å². The van der Waals surface area contributed by atoms with Gasteiger partial charge in [-0.2, -0.15) is 0 Å². The zero-order valence-electron chi connectivity index (χ0n) is 15.5. The number of hydrogen-bond donors (Lipinski definition) is 0. The lowest BCUT2D eigenvalue weighted by Crippen LogP contribution is -2.33. The van der Waals surface area contributed by atoms with Crippen molar-refractivity contribution < 1.29 is 23.5 Å². The van der Waals surface area contributed by atoms with Crippen molar-refractivity contribution in [3.8, 4) is 5.75 Å². The smallest absolute Gasteiger partial charge is 0.336 e. The van der Waals surface area contributed by atoms with Crippen molar-refractivity contribution in [1.29, 1.82) is 0 Å². The molecule has 0 aliphatic carbocycles. The maximum atomic E-state index is 12.7. The van der Waals surface area contributed by atoms with Gasteiger partial charge in [0.15, 0.2) is 0 Å². The molecule has 0 atom stereocenters. The monoisotopic (exact) mass is 392 g/mol. The molecule has 0 N–H and O–H groups in total. The number of nitrogens with zero attached hydrogens (tertiary/aromatic N) is 2. The number of rotatable bonds is 5. The van der Waals surface area contributed by atoms with Gasteiger partial charge in [-0.05, 0) is 23.3 Å². The Kier molecular flexibility index (Phi) is 4.59. The minimum Gasteiger partial charge on any atom is -0.497 e. The number of methoxy groups -OCH3 is 1. The van der Waals surface area contributed by atoms with E-state index in [1.807, 2.05) is 6.07 Å². The van der Waals surface area contributed by atoms with Gasteiger partial charge in [0.1, 0.15) is 11.3 Å². The number of urea groups is 1. The molecule has 0 spiro atoms. The van der Waals surface area contributed by atoms with Crippen LogP contribution in [-0.4, -0.2) is 34.8 Å². The van der Waals surface area contributed by atoms with E-state index in [0.717, 1.165) is 15.4 Å². The fourth-order valence-electron chi connectivity index (χ4n) is 3.23. The van der Waals surface area contributed by atoms with Gasteiger partial charge in [-0.1, -0.05) is 30.3 Å². The summed E-state index contributed by atoms with van der Waals surface area (Å²) in [6.45, 7) is -0.223. The topological polar surface area (TPSA) is 97.1 Å². The van der Waals surface area contributed by atoms with Crippen LogP contribution in [0.3, 0.4) is 0 Å². The van der Waals surface area contributed by atoms with E-state index in [-0.39, 0.29) is 18.7 Å². The van der Waals surface area contributed by atoms with Gasteiger partial charge in [0.2, 0.25) is 0 Å². The average molecular weight is 392 g/mol. The van der Waals surface area contributed by atoms with Crippen LogP contribution in [0, 0.1) is 0 Å². The molecule has 3 aromatic rings. The predicted octanol–water partition coefficient (Wildman–Crippen LogP) is 2.29. The predicted molar refractivity (Wildman–Crippen MR) is 102 cm³/mol. The molecule has 8 nitrogen and oxygen atoms in total. The second-order valence-corrected chi connectivity index (χ2v) is 6.50. The van der Waals surface area contributed by atoms with Crippen LogP contribution in [0.15, 0.2) is 63.8 Å². The van der Waals surface area contributed by atoms with Crippen molar-refractivity contribution >= 4 is 28.8 Å². The molecule has 4 amide bonds. The van der Waals surface area contributed by atoms with Crippen molar-refractivity contribution in [3.05, 3.63) is 76.1 Å². The molecule has 0 radical (unpaired) electrons. The van der Waals surface area contributed by atoms with Crippen LogP contribution in [0.25, 0.3) is 11.0 Å². The molecule has 146 valence electrons. The van der Waals surface area contributed by atoms with Gasteiger partial charge in [0.05, 0.1) is 20.2 Å². The lowest BCUT2D eigenvalue weighted by atomic mass is 10.1. The summed E-state index contributed by atoms with van der Waals surface area (Å²) >= 11 is 0. The zero-order valence-corrected chi connectivity index (χ0v) is 15.5. The highest BCUT2D eigenvalue weighted by Crippen LogP contribution is 2.25. The molecule has 0 bridgehead atoms. The van der Waals surface area contributed by atoms with Gasteiger partial charge in [0, 0.05) is 17.5 Å². The number of amides is 4. The first-order chi connectivity index (χ1) is 14.0. The van der Waals surface area contributed by atoms with Gasteiger partial charge < -0.3 is 9.15 Å². The van der Waals surface area contributed by atoms with E-state index in [0.29, 0.717) is 16.7 Å². The maximum absolute atomic E-state index is 12.7. The Labute approximate surface area is 164 Å². The molecule has 1 aromatic heterocycles. The number of hydrogen-bond acceptors (Lipinski definition) is 6. The molecule has 2 heterocycles. The normalized spacial score (nSPS) is 14.2. The molecule has 1 saturated heterocycles. The summed E-state index contributed by atoms with van der Waals surface area (Å²) in [7, 11) is 1.48. The molecule has 4 rings (SSSR count). The number of carbonyl (C=O) groups is 3. The Bertz CT molecular complexity index is 1180. The van der Waals surface area contributed by atoms with Crippen molar-refractivity contribution in [3.63, 3.8) is 0 Å². The Hall–Kier alpha value is -3.94. The first-order valence-electron chi connectivity index (χ1n) is 8.80. The number of benzene rings is 2. The summed E-state index contributed by atoms with van der Waals surface area (Å²) in [5.41, 5.74) is 0.752. The molecule has 2 aromatic carbocycles. The highest BCUT2D eigenvalue weighted by atomic mass is 16.5. The van der Waals surface area contributed by atoms with Crippen LogP contribution >= 0.6 is 0 Å². The van der Waals surface area contributed by atoms with E-state index in [9.17, 15) is 19.2 Å². The quantitative estimate of drug-likeness (QED) is 0.375. The molecule has 1 fully saturated rings. The third-order valence-corrected chi connectivity index (χ3v) is 4.68. The van der Waals surface area contributed by atoms with E-state index in [2.05, 4.69) is 0 Å². The molecule has 0 saturated carbocycles. The van der Waals surface area contributed by atoms with E-state index in [1.165, 1.54) is 13.2 Å². The van der Waals surface area contributed by atoms with Crippen molar-refractivity contribution in [2.45, 2.75) is 13.1 Å². The number of ether oxygens (including phenoxy) is 1. The van der Waals surface area contributed by atoms with E-state index < -0.39 is 23.5 Å². The summed E-state index contributed by atoms with van der Waals surface area (Å²) in [4.78, 5) is 51.2. The van der Waals surface area contributed by atoms with Gasteiger partial charge >= 0.3 is 23.5 Å².